The van der Waals surface area contributed by atoms with Gasteiger partial charge in [-0.15, -0.1) is 0 Å². The molecule has 0 amide bonds. The Bertz CT molecular complexity index is 2290. The molecule has 268 valence electrons. The fourth-order valence-corrected chi connectivity index (χ4v) is 7.34. The first-order valence-electron chi connectivity index (χ1n) is 18.9. The van der Waals surface area contributed by atoms with Gasteiger partial charge in [-0.3, -0.25) is 0 Å². The van der Waals surface area contributed by atoms with Crippen molar-refractivity contribution < 1.29 is 0 Å². The van der Waals surface area contributed by atoms with E-state index in [0.29, 0.717) is 0 Å². The predicted molar refractivity (Wildman–Crippen MR) is 235 cm³/mol. The number of aryl methyl sites for hydroxylation is 4. The maximum Gasteiger partial charge on any atom is 0.0464 e. The topological polar surface area (TPSA) is 9.72 Å². The van der Waals surface area contributed by atoms with Crippen LogP contribution in [0.2, 0.25) is 0 Å². The molecule has 3 heteroatoms. The number of rotatable bonds is 10. The van der Waals surface area contributed by atoms with Gasteiger partial charge in [-0.25, -0.2) is 0 Å². The molecule has 8 aromatic rings. The summed E-state index contributed by atoms with van der Waals surface area (Å²) < 4.78 is 0. The Labute approximate surface area is 326 Å². The van der Waals surface area contributed by atoms with Crippen molar-refractivity contribution in [3.63, 3.8) is 0 Å². The van der Waals surface area contributed by atoms with Crippen LogP contribution < -0.4 is 14.7 Å². The van der Waals surface area contributed by atoms with Gasteiger partial charge in [0, 0.05) is 51.2 Å². The Kier molecular flexibility index (Phi) is 10.0. The lowest BCUT2D eigenvalue weighted by Crippen LogP contribution is -2.13. The van der Waals surface area contributed by atoms with Gasteiger partial charge >= 0.3 is 0 Å². The van der Waals surface area contributed by atoms with Gasteiger partial charge in [-0.1, -0.05) is 91.0 Å². The molecule has 0 atom stereocenters. The van der Waals surface area contributed by atoms with Crippen LogP contribution in [0.1, 0.15) is 22.3 Å². The van der Waals surface area contributed by atoms with Gasteiger partial charge in [-0.05, 0) is 170 Å². The van der Waals surface area contributed by atoms with Crippen molar-refractivity contribution in [2.24, 2.45) is 0 Å². The maximum atomic E-state index is 2.34. The molecule has 0 aliphatic heterocycles. The third-order valence-electron chi connectivity index (χ3n) is 10.0. The molecule has 3 nitrogen and oxygen atoms in total. The van der Waals surface area contributed by atoms with E-state index in [1.807, 2.05) is 0 Å². The molecule has 8 aromatic carbocycles. The van der Waals surface area contributed by atoms with Crippen LogP contribution in [0.4, 0.5) is 51.2 Å². The second kappa shape index (κ2) is 15.6. The first-order chi connectivity index (χ1) is 26.9. The second-order valence-corrected chi connectivity index (χ2v) is 14.3. The van der Waals surface area contributed by atoms with E-state index in [1.54, 1.807) is 0 Å². The zero-order valence-electron chi connectivity index (χ0n) is 31.9. The zero-order valence-corrected chi connectivity index (χ0v) is 31.9. The van der Waals surface area contributed by atoms with Crippen molar-refractivity contribution in [1.82, 2.24) is 0 Å². The summed E-state index contributed by atoms with van der Waals surface area (Å²) in [4.78, 5) is 7.02. The molecule has 0 saturated heterocycles. The van der Waals surface area contributed by atoms with Gasteiger partial charge in [0.15, 0.2) is 0 Å². The number of hydrogen-bond donors (Lipinski definition) is 0. The molecule has 0 unspecified atom stereocenters. The number of nitrogens with zero attached hydrogens (tertiary/aromatic N) is 3. The Morgan fingerprint density at radius 3 is 0.764 bits per heavy atom. The molecule has 0 bridgehead atoms. The Morgan fingerprint density at radius 1 is 0.218 bits per heavy atom. The highest BCUT2D eigenvalue weighted by Crippen LogP contribution is 2.42. The van der Waals surface area contributed by atoms with Crippen molar-refractivity contribution >= 4 is 51.2 Å². The van der Waals surface area contributed by atoms with Crippen LogP contribution in [0, 0.1) is 27.7 Å². The van der Waals surface area contributed by atoms with E-state index in [1.165, 1.54) is 33.4 Å². The third kappa shape index (κ3) is 7.78. The molecule has 0 spiro atoms. The van der Waals surface area contributed by atoms with E-state index in [0.717, 1.165) is 51.2 Å². The molecule has 55 heavy (non-hydrogen) atoms. The number of benzene rings is 8. The summed E-state index contributed by atoms with van der Waals surface area (Å²) in [6.45, 7) is 8.59. The van der Waals surface area contributed by atoms with E-state index in [-0.39, 0.29) is 0 Å². The van der Waals surface area contributed by atoms with Crippen LogP contribution in [0.5, 0.6) is 0 Å². The summed E-state index contributed by atoms with van der Waals surface area (Å²) in [6, 6.07) is 72.1. The van der Waals surface area contributed by atoms with Crippen molar-refractivity contribution in [2.45, 2.75) is 27.7 Å². The molecule has 0 aliphatic carbocycles. The monoisotopic (exact) mass is 711 g/mol. The minimum absolute atomic E-state index is 1.08. The molecular weight excluding hydrogens is 667 g/mol. The average molecular weight is 712 g/mol. The lowest BCUT2D eigenvalue weighted by molar-refractivity contribution is 1.23. The lowest BCUT2D eigenvalue weighted by Gasteiger charge is -2.30. The summed E-state index contributed by atoms with van der Waals surface area (Å²) in [5.74, 6) is 0. The van der Waals surface area contributed by atoms with Crippen LogP contribution in [0.15, 0.2) is 200 Å². The maximum absolute atomic E-state index is 2.34. The summed E-state index contributed by atoms with van der Waals surface area (Å²) in [6.07, 6.45) is 0. The fraction of sp³-hybridized carbons (Fsp3) is 0.0769. The van der Waals surface area contributed by atoms with Gasteiger partial charge < -0.3 is 14.7 Å². The average Bonchev–Trinajstić information content (AvgIpc) is 3.20. The highest BCUT2D eigenvalue weighted by molar-refractivity contribution is 5.84. The molecule has 8 rings (SSSR count). The van der Waals surface area contributed by atoms with Crippen LogP contribution in [0.3, 0.4) is 0 Å². The van der Waals surface area contributed by atoms with Crippen molar-refractivity contribution in [1.29, 1.82) is 0 Å². The Morgan fingerprint density at radius 2 is 0.473 bits per heavy atom. The molecule has 0 heterocycles. The third-order valence-corrected chi connectivity index (χ3v) is 10.0. The van der Waals surface area contributed by atoms with Gasteiger partial charge in [0.2, 0.25) is 0 Å². The van der Waals surface area contributed by atoms with Gasteiger partial charge in [-0.2, -0.15) is 0 Å². The molecule has 0 aromatic heterocycles. The van der Waals surface area contributed by atoms with E-state index >= 15 is 0 Å². The standard InChI is InChI=1S/C52H45N3/c1-38-12-8-18-49(34-38)54(50-19-9-13-39(2)35-50)47-30-26-45(27-31-47)53(44-24-22-43(23-25-44)42-16-6-5-7-17-42)46-28-32-48(33-29-46)55(51-20-10-14-40(3)36-51)52-21-11-15-41(4)37-52/h5-37H,1-4H3. The summed E-state index contributed by atoms with van der Waals surface area (Å²) >= 11 is 0. The minimum atomic E-state index is 1.08. The molecular formula is C52H45N3. The minimum Gasteiger partial charge on any atom is -0.311 e. The van der Waals surface area contributed by atoms with Gasteiger partial charge in [0.1, 0.15) is 0 Å². The van der Waals surface area contributed by atoms with Crippen molar-refractivity contribution in [2.75, 3.05) is 14.7 Å². The van der Waals surface area contributed by atoms with E-state index in [4.69, 9.17) is 0 Å². The van der Waals surface area contributed by atoms with Crippen molar-refractivity contribution in [3.05, 3.63) is 222 Å². The summed E-state index contributed by atoms with van der Waals surface area (Å²) in [5.41, 5.74) is 17.3. The molecule has 0 N–H and O–H groups in total. The molecule has 0 saturated carbocycles. The highest BCUT2D eigenvalue weighted by Gasteiger charge is 2.18. The first-order valence-corrected chi connectivity index (χ1v) is 18.9. The van der Waals surface area contributed by atoms with Crippen molar-refractivity contribution in [3.8, 4) is 11.1 Å². The summed E-state index contributed by atoms with van der Waals surface area (Å²) in [7, 11) is 0. The summed E-state index contributed by atoms with van der Waals surface area (Å²) in [5, 5.41) is 0. The smallest absolute Gasteiger partial charge is 0.0464 e. The van der Waals surface area contributed by atoms with Gasteiger partial charge in [0.05, 0.1) is 0 Å². The van der Waals surface area contributed by atoms with Crippen LogP contribution in [-0.4, -0.2) is 0 Å². The molecule has 0 aliphatic rings. The Balaban J connectivity index is 1.21. The lowest BCUT2D eigenvalue weighted by atomic mass is 10.0. The fourth-order valence-electron chi connectivity index (χ4n) is 7.34. The predicted octanol–water partition coefficient (Wildman–Crippen LogP) is 15.0. The molecule has 0 fully saturated rings. The SMILES string of the molecule is Cc1cccc(N(c2ccc(N(c3ccc(-c4ccccc4)cc3)c3ccc(N(c4cccc(C)c4)c4cccc(C)c4)cc3)cc2)c2cccc(C)c2)c1. The largest absolute Gasteiger partial charge is 0.311 e. The van der Waals surface area contributed by atoms with E-state index in [2.05, 4.69) is 243 Å². The zero-order chi connectivity index (χ0) is 37.7. The Hall–Kier alpha value is -6.84. The van der Waals surface area contributed by atoms with Crippen LogP contribution in [0.25, 0.3) is 11.1 Å². The van der Waals surface area contributed by atoms with Crippen LogP contribution >= 0.6 is 0 Å². The van der Waals surface area contributed by atoms with E-state index in [9.17, 15) is 0 Å². The quantitative estimate of drug-likeness (QED) is 0.140. The molecule has 0 radical (unpaired) electrons. The van der Waals surface area contributed by atoms with Crippen LogP contribution in [-0.2, 0) is 0 Å². The van der Waals surface area contributed by atoms with E-state index < -0.39 is 0 Å². The second-order valence-electron chi connectivity index (χ2n) is 14.3. The normalized spacial score (nSPS) is 10.9. The highest BCUT2D eigenvalue weighted by atomic mass is 15.2. The number of hydrogen-bond acceptors (Lipinski definition) is 3. The van der Waals surface area contributed by atoms with Gasteiger partial charge in [0.25, 0.3) is 0 Å². The number of anilines is 9. The first kappa shape index (κ1) is 35.2.